The molecule has 9 heavy (non-hydrogen) atoms. The first-order valence-electron chi connectivity index (χ1n) is 2.85. The zero-order chi connectivity index (χ0) is 7.65. The van der Waals surface area contributed by atoms with E-state index in [-0.39, 0.29) is 5.91 Å². The number of carbonyl (C=O) groups excluding carboxylic acids is 1. The standard InChI is InChI=1S/C7H13NO/c1-5(2)7(3,4)6(8)9/h1H2,2-4H3,(H2,8,9). The van der Waals surface area contributed by atoms with Gasteiger partial charge >= 0.3 is 0 Å². The molecule has 0 aromatic heterocycles. The number of carbonyl (C=O) groups is 1. The van der Waals surface area contributed by atoms with Crippen LogP contribution in [0.3, 0.4) is 0 Å². The van der Waals surface area contributed by atoms with Gasteiger partial charge in [0.2, 0.25) is 5.91 Å². The number of hydrogen-bond acceptors (Lipinski definition) is 1. The molecular weight excluding hydrogens is 114 g/mol. The number of primary amides is 1. The molecular formula is C7H13NO. The molecule has 0 radical (unpaired) electrons. The van der Waals surface area contributed by atoms with E-state index in [1.165, 1.54) is 0 Å². The number of amides is 1. The maximum absolute atomic E-state index is 10.6. The fourth-order valence-electron chi connectivity index (χ4n) is 0.210. The van der Waals surface area contributed by atoms with Gasteiger partial charge in [0.05, 0.1) is 5.41 Å². The van der Waals surface area contributed by atoms with Gasteiger partial charge in [-0.2, -0.15) is 0 Å². The van der Waals surface area contributed by atoms with Crippen LogP contribution in [0.4, 0.5) is 0 Å². The van der Waals surface area contributed by atoms with E-state index in [1.807, 2.05) is 0 Å². The van der Waals surface area contributed by atoms with E-state index in [1.54, 1.807) is 20.8 Å². The van der Waals surface area contributed by atoms with Crippen molar-refractivity contribution < 1.29 is 4.79 Å². The first kappa shape index (κ1) is 8.21. The highest BCUT2D eigenvalue weighted by atomic mass is 16.1. The molecule has 0 aliphatic heterocycles. The topological polar surface area (TPSA) is 43.1 Å². The van der Waals surface area contributed by atoms with Crippen LogP contribution >= 0.6 is 0 Å². The van der Waals surface area contributed by atoms with Crippen molar-refractivity contribution in [2.45, 2.75) is 20.8 Å². The largest absolute Gasteiger partial charge is 0.369 e. The maximum atomic E-state index is 10.6. The van der Waals surface area contributed by atoms with Gasteiger partial charge in [0.25, 0.3) is 0 Å². The van der Waals surface area contributed by atoms with E-state index >= 15 is 0 Å². The van der Waals surface area contributed by atoms with Gasteiger partial charge in [0.15, 0.2) is 0 Å². The Bertz CT molecular complexity index is 131. The quantitative estimate of drug-likeness (QED) is 0.554. The van der Waals surface area contributed by atoms with E-state index in [9.17, 15) is 4.79 Å². The highest BCUT2D eigenvalue weighted by Gasteiger charge is 2.24. The lowest BCUT2D eigenvalue weighted by molar-refractivity contribution is -0.124. The minimum atomic E-state index is -0.556. The molecule has 0 bridgehead atoms. The molecule has 52 valence electrons. The normalized spacial score (nSPS) is 11.0. The third-order valence-corrected chi connectivity index (χ3v) is 1.68. The molecule has 1 amide bonds. The molecule has 0 saturated carbocycles. The zero-order valence-corrected chi connectivity index (χ0v) is 6.19. The summed E-state index contributed by atoms with van der Waals surface area (Å²) in [6.45, 7) is 8.97. The molecule has 0 aliphatic rings. The monoisotopic (exact) mass is 127 g/mol. The van der Waals surface area contributed by atoms with Gasteiger partial charge < -0.3 is 5.73 Å². The van der Waals surface area contributed by atoms with Crippen molar-refractivity contribution in [1.82, 2.24) is 0 Å². The van der Waals surface area contributed by atoms with Gasteiger partial charge in [-0.25, -0.2) is 0 Å². The second-order valence-electron chi connectivity index (χ2n) is 2.77. The molecule has 0 atom stereocenters. The maximum Gasteiger partial charge on any atom is 0.227 e. The summed E-state index contributed by atoms with van der Waals surface area (Å²) in [5, 5.41) is 0. The van der Waals surface area contributed by atoms with Crippen molar-refractivity contribution >= 4 is 5.91 Å². The van der Waals surface area contributed by atoms with E-state index < -0.39 is 5.41 Å². The van der Waals surface area contributed by atoms with Crippen molar-refractivity contribution in [3.63, 3.8) is 0 Å². The van der Waals surface area contributed by atoms with Crippen LogP contribution in [0.1, 0.15) is 20.8 Å². The third-order valence-electron chi connectivity index (χ3n) is 1.68. The average molecular weight is 127 g/mol. The zero-order valence-electron chi connectivity index (χ0n) is 6.19. The van der Waals surface area contributed by atoms with Crippen LogP contribution in [0.5, 0.6) is 0 Å². The summed E-state index contributed by atoms with van der Waals surface area (Å²) in [4.78, 5) is 10.6. The Morgan fingerprint density at radius 3 is 1.89 bits per heavy atom. The summed E-state index contributed by atoms with van der Waals surface area (Å²) in [7, 11) is 0. The van der Waals surface area contributed by atoms with Crippen LogP contribution in [-0.2, 0) is 4.79 Å². The molecule has 0 rings (SSSR count). The Labute approximate surface area is 55.7 Å². The van der Waals surface area contributed by atoms with Crippen LogP contribution in [0.25, 0.3) is 0 Å². The van der Waals surface area contributed by atoms with Crippen LogP contribution < -0.4 is 5.73 Å². The number of rotatable bonds is 2. The fourth-order valence-corrected chi connectivity index (χ4v) is 0.210. The summed E-state index contributed by atoms with van der Waals surface area (Å²) in [5.41, 5.74) is 5.32. The van der Waals surface area contributed by atoms with E-state index in [4.69, 9.17) is 5.73 Å². The predicted molar refractivity (Wildman–Crippen MR) is 37.8 cm³/mol. The Hall–Kier alpha value is -0.790. The SMILES string of the molecule is C=C(C)C(C)(C)C(N)=O. The average Bonchev–Trinajstić information content (AvgIpc) is 1.65. The molecule has 0 aromatic rings. The molecule has 0 unspecified atom stereocenters. The van der Waals surface area contributed by atoms with Crippen LogP contribution in [0.15, 0.2) is 12.2 Å². The van der Waals surface area contributed by atoms with Gasteiger partial charge in [-0.15, -0.1) is 0 Å². The highest BCUT2D eigenvalue weighted by Crippen LogP contribution is 2.22. The molecule has 0 fully saturated rings. The molecule has 0 saturated heterocycles. The smallest absolute Gasteiger partial charge is 0.227 e. The number of nitrogens with two attached hydrogens (primary N) is 1. The van der Waals surface area contributed by atoms with Gasteiger partial charge in [0.1, 0.15) is 0 Å². The predicted octanol–water partition coefficient (Wildman–Crippen LogP) is 1.07. The Morgan fingerprint density at radius 2 is 1.89 bits per heavy atom. The molecule has 0 spiro atoms. The van der Waals surface area contributed by atoms with Crippen LogP contribution in [-0.4, -0.2) is 5.91 Å². The number of hydrogen-bond donors (Lipinski definition) is 1. The molecule has 2 N–H and O–H groups in total. The summed E-state index contributed by atoms with van der Waals surface area (Å²) < 4.78 is 0. The van der Waals surface area contributed by atoms with Crippen molar-refractivity contribution in [3.8, 4) is 0 Å². The van der Waals surface area contributed by atoms with E-state index in [0.29, 0.717) is 0 Å². The minimum Gasteiger partial charge on any atom is -0.369 e. The first-order valence-corrected chi connectivity index (χ1v) is 2.85. The van der Waals surface area contributed by atoms with Gasteiger partial charge in [0, 0.05) is 0 Å². The lowest BCUT2D eigenvalue weighted by Gasteiger charge is -2.19. The second-order valence-corrected chi connectivity index (χ2v) is 2.77. The third kappa shape index (κ3) is 1.56. The van der Waals surface area contributed by atoms with E-state index in [0.717, 1.165) is 5.57 Å². The molecule has 2 heteroatoms. The van der Waals surface area contributed by atoms with E-state index in [2.05, 4.69) is 6.58 Å². The minimum absolute atomic E-state index is 0.324. The Morgan fingerprint density at radius 1 is 1.56 bits per heavy atom. The summed E-state index contributed by atoms with van der Waals surface area (Å²) >= 11 is 0. The molecule has 2 nitrogen and oxygen atoms in total. The van der Waals surface area contributed by atoms with Crippen molar-refractivity contribution in [2.75, 3.05) is 0 Å². The van der Waals surface area contributed by atoms with Crippen LogP contribution in [0, 0.1) is 5.41 Å². The fraction of sp³-hybridized carbons (Fsp3) is 0.571. The molecule has 0 aromatic carbocycles. The molecule has 0 aliphatic carbocycles. The Kier molecular flexibility index (Phi) is 2.02. The van der Waals surface area contributed by atoms with Gasteiger partial charge in [-0.1, -0.05) is 12.2 Å². The highest BCUT2D eigenvalue weighted by molar-refractivity contribution is 5.82. The van der Waals surface area contributed by atoms with Crippen molar-refractivity contribution in [1.29, 1.82) is 0 Å². The summed E-state index contributed by atoms with van der Waals surface area (Å²) in [6, 6.07) is 0. The van der Waals surface area contributed by atoms with Crippen LogP contribution in [0.2, 0.25) is 0 Å². The van der Waals surface area contributed by atoms with Crippen molar-refractivity contribution in [2.24, 2.45) is 11.1 Å². The van der Waals surface area contributed by atoms with Crippen molar-refractivity contribution in [3.05, 3.63) is 12.2 Å². The second kappa shape index (κ2) is 2.21. The lowest BCUT2D eigenvalue weighted by atomic mass is 9.86. The Balaban J connectivity index is 4.38. The first-order chi connectivity index (χ1) is 3.89. The summed E-state index contributed by atoms with van der Waals surface area (Å²) in [6.07, 6.45) is 0. The lowest BCUT2D eigenvalue weighted by Crippen LogP contribution is -2.31. The van der Waals surface area contributed by atoms with Gasteiger partial charge in [-0.05, 0) is 20.8 Å². The summed E-state index contributed by atoms with van der Waals surface area (Å²) in [5.74, 6) is -0.324. The van der Waals surface area contributed by atoms with Gasteiger partial charge in [-0.3, -0.25) is 4.79 Å². The molecule has 0 heterocycles.